The zero-order valence-electron chi connectivity index (χ0n) is 18.9. The predicted octanol–water partition coefficient (Wildman–Crippen LogP) is 5.19. The Morgan fingerprint density at radius 1 is 1.20 bits per heavy atom. The number of rotatable bonds is 10. The summed E-state index contributed by atoms with van der Waals surface area (Å²) in [4.78, 5) is 21.5. The van der Waals surface area contributed by atoms with Crippen molar-refractivity contribution in [1.29, 1.82) is 0 Å². The summed E-state index contributed by atoms with van der Waals surface area (Å²) in [5.74, 6) is 0.132. The third kappa shape index (κ3) is 6.27. The third-order valence-corrected chi connectivity index (χ3v) is 6.00. The van der Waals surface area contributed by atoms with Crippen molar-refractivity contribution in [3.8, 4) is 5.75 Å². The van der Waals surface area contributed by atoms with E-state index in [0.29, 0.717) is 51.8 Å². The van der Waals surface area contributed by atoms with Crippen molar-refractivity contribution >= 4 is 49.4 Å². The van der Waals surface area contributed by atoms with Crippen LogP contribution in [-0.4, -0.2) is 51.1 Å². The van der Waals surface area contributed by atoms with E-state index >= 15 is 0 Å². The van der Waals surface area contributed by atoms with E-state index in [0.717, 1.165) is 5.52 Å². The van der Waals surface area contributed by atoms with Crippen LogP contribution in [0.15, 0.2) is 36.4 Å². The molecule has 1 atom stereocenters. The Labute approximate surface area is 202 Å². The molecule has 4 aromatic rings. The van der Waals surface area contributed by atoms with E-state index in [2.05, 4.69) is 20.0 Å². The van der Waals surface area contributed by atoms with Crippen molar-refractivity contribution in [3.05, 3.63) is 42.0 Å². The number of aromatic nitrogens is 3. The second-order valence-corrected chi connectivity index (χ2v) is 9.00. The highest BCUT2D eigenvalue weighted by molar-refractivity contribution is 7.22. The van der Waals surface area contributed by atoms with E-state index in [-0.39, 0.29) is 18.1 Å². The lowest BCUT2D eigenvalue weighted by Crippen LogP contribution is -2.16. The van der Waals surface area contributed by atoms with Gasteiger partial charge in [0, 0.05) is 31.7 Å². The number of benzene rings is 2. The summed E-state index contributed by atoms with van der Waals surface area (Å²) >= 11 is 1.17. The van der Waals surface area contributed by atoms with Gasteiger partial charge < -0.3 is 24.5 Å². The molecular formula is C23H23F3N4O4S. The van der Waals surface area contributed by atoms with Crippen LogP contribution in [0, 0.1) is 0 Å². The Morgan fingerprint density at radius 2 is 2.00 bits per heavy atom. The molecule has 12 heteroatoms. The molecule has 2 aromatic carbocycles. The van der Waals surface area contributed by atoms with E-state index in [9.17, 15) is 23.1 Å². The molecule has 0 saturated heterocycles. The van der Waals surface area contributed by atoms with E-state index in [1.165, 1.54) is 29.5 Å². The van der Waals surface area contributed by atoms with Gasteiger partial charge in [-0.3, -0.25) is 4.79 Å². The molecule has 35 heavy (non-hydrogen) atoms. The van der Waals surface area contributed by atoms with Gasteiger partial charge in [0.05, 0.1) is 34.0 Å². The molecule has 0 radical (unpaired) electrons. The van der Waals surface area contributed by atoms with Gasteiger partial charge in [0.1, 0.15) is 5.75 Å². The molecule has 0 spiro atoms. The molecule has 1 unspecified atom stereocenters. The average molecular weight is 509 g/mol. The zero-order chi connectivity index (χ0) is 25.2. The van der Waals surface area contributed by atoms with Crippen LogP contribution in [0.25, 0.3) is 21.3 Å². The lowest BCUT2D eigenvalue weighted by atomic mass is 10.1. The number of aliphatic hydroxyl groups excluding tert-OH is 1. The van der Waals surface area contributed by atoms with E-state index in [1.54, 1.807) is 30.7 Å². The highest BCUT2D eigenvalue weighted by Crippen LogP contribution is 2.33. The lowest BCUT2D eigenvalue weighted by Gasteiger charge is -2.07. The number of carbonyl (C=O) groups is 1. The minimum Gasteiger partial charge on any atom is -0.406 e. The number of nitrogens with zero attached hydrogens (tertiary/aromatic N) is 3. The van der Waals surface area contributed by atoms with Crippen LogP contribution in [0.5, 0.6) is 5.75 Å². The summed E-state index contributed by atoms with van der Waals surface area (Å²) in [7, 11) is 1.81. The summed E-state index contributed by atoms with van der Waals surface area (Å²) in [6.07, 6.45) is -4.44. The first-order chi connectivity index (χ1) is 16.6. The van der Waals surface area contributed by atoms with Gasteiger partial charge in [0.2, 0.25) is 5.95 Å². The van der Waals surface area contributed by atoms with Crippen molar-refractivity contribution in [3.63, 3.8) is 0 Å². The Hall–Kier alpha value is -3.22. The quantitative estimate of drug-likeness (QED) is 0.225. The molecule has 0 fully saturated rings. The molecule has 186 valence electrons. The van der Waals surface area contributed by atoms with Crippen molar-refractivity contribution in [1.82, 2.24) is 14.5 Å². The summed E-state index contributed by atoms with van der Waals surface area (Å²) < 4.78 is 49.0. The van der Waals surface area contributed by atoms with Gasteiger partial charge in [0.25, 0.3) is 0 Å². The molecule has 0 bridgehead atoms. The number of aliphatic hydroxyl groups is 1. The second kappa shape index (κ2) is 10.2. The smallest absolute Gasteiger partial charge is 0.406 e. The number of ketones is 1. The minimum atomic E-state index is -4.76. The summed E-state index contributed by atoms with van der Waals surface area (Å²) in [5.41, 5.74) is 2.48. The summed E-state index contributed by atoms with van der Waals surface area (Å²) in [6, 6.07) is 9.23. The highest BCUT2D eigenvalue weighted by Gasteiger charge is 2.31. The number of alkyl halides is 3. The molecule has 4 rings (SSSR count). The molecule has 0 aliphatic heterocycles. The number of imidazole rings is 1. The number of hydrogen-bond acceptors (Lipinski definition) is 8. The van der Waals surface area contributed by atoms with Crippen molar-refractivity contribution in [2.75, 3.05) is 18.5 Å². The van der Waals surface area contributed by atoms with Gasteiger partial charge in [0.15, 0.2) is 10.9 Å². The van der Waals surface area contributed by atoms with Gasteiger partial charge in [-0.05, 0) is 43.7 Å². The second-order valence-electron chi connectivity index (χ2n) is 7.97. The topological polar surface area (TPSA) is 98.5 Å². The van der Waals surface area contributed by atoms with Crippen LogP contribution >= 0.6 is 11.3 Å². The number of nitrogens with one attached hydrogen (secondary N) is 1. The fraction of sp³-hybridized carbons (Fsp3) is 0.348. The number of thiazole rings is 1. The summed E-state index contributed by atoms with van der Waals surface area (Å²) in [5, 5.41) is 12.7. The first kappa shape index (κ1) is 24.9. The van der Waals surface area contributed by atoms with Crippen LogP contribution < -0.4 is 10.1 Å². The van der Waals surface area contributed by atoms with Crippen LogP contribution in [0.3, 0.4) is 0 Å². The number of aryl methyl sites for hydroxylation is 1. The fourth-order valence-corrected chi connectivity index (χ4v) is 4.36. The highest BCUT2D eigenvalue weighted by atomic mass is 32.1. The van der Waals surface area contributed by atoms with Gasteiger partial charge in [-0.15, -0.1) is 13.2 Å². The number of anilines is 2. The predicted molar refractivity (Wildman–Crippen MR) is 126 cm³/mol. The first-order valence-electron chi connectivity index (χ1n) is 10.8. The SMILES string of the molecule is CC(O)COCCCC(=O)c1ccc2c(c1)nc(Nc1nc3ccc(OC(F)(F)F)cc3s1)n2C. The van der Waals surface area contributed by atoms with Crippen LogP contribution in [0.4, 0.5) is 24.3 Å². The number of halogens is 3. The Balaban J connectivity index is 1.46. The lowest BCUT2D eigenvalue weighted by molar-refractivity contribution is -0.274. The zero-order valence-corrected chi connectivity index (χ0v) is 19.7. The van der Waals surface area contributed by atoms with Crippen LogP contribution in [0.1, 0.15) is 30.1 Å². The number of carbonyl (C=O) groups excluding carboxylic acids is 1. The Bertz CT molecular complexity index is 1350. The number of hydrogen-bond donors (Lipinski definition) is 2. The molecule has 0 saturated carbocycles. The van der Waals surface area contributed by atoms with Crippen molar-refractivity contribution < 1.29 is 32.5 Å². The summed E-state index contributed by atoms with van der Waals surface area (Å²) in [6.45, 7) is 2.26. The largest absolute Gasteiger partial charge is 0.573 e. The normalized spacial score (nSPS) is 12.9. The van der Waals surface area contributed by atoms with Crippen LogP contribution in [0.2, 0.25) is 0 Å². The third-order valence-electron chi connectivity index (χ3n) is 5.07. The van der Waals surface area contributed by atoms with E-state index in [4.69, 9.17) is 4.74 Å². The molecule has 2 heterocycles. The maximum atomic E-state index is 12.5. The first-order valence-corrected chi connectivity index (χ1v) is 11.6. The maximum absolute atomic E-state index is 12.5. The Kier molecular flexibility index (Phi) is 7.24. The van der Waals surface area contributed by atoms with Gasteiger partial charge >= 0.3 is 6.36 Å². The molecule has 0 aliphatic carbocycles. The molecule has 2 aromatic heterocycles. The number of fused-ring (bicyclic) bond motifs is 2. The van der Waals surface area contributed by atoms with Crippen molar-refractivity contribution in [2.24, 2.45) is 7.05 Å². The number of Topliss-reactive ketones (excluding diaryl/α,β-unsaturated/α-hetero) is 1. The fourth-order valence-electron chi connectivity index (χ4n) is 3.47. The van der Waals surface area contributed by atoms with Gasteiger partial charge in [-0.25, -0.2) is 9.97 Å². The molecule has 0 aliphatic rings. The molecule has 8 nitrogen and oxygen atoms in total. The molecule has 2 N–H and O–H groups in total. The molecule has 0 amide bonds. The maximum Gasteiger partial charge on any atom is 0.573 e. The van der Waals surface area contributed by atoms with E-state index < -0.39 is 12.5 Å². The molecular weight excluding hydrogens is 485 g/mol. The Morgan fingerprint density at radius 3 is 2.74 bits per heavy atom. The minimum absolute atomic E-state index is 0.0317. The number of ether oxygens (including phenoxy) is 2. The van der Waals surface area contributed by atoms with E-state index in [1.807, 2.05) is 6.07 Å². The van der Waals surface area contributed by atoms with Gasteiger partial charge in [-0.1, -0.05) is 11.3 Å². The monoisotopic (exact) mass is 508 g/mol. The van der Waals surface area contributed by atoms with Crippen LogP contribution in [-0.2, 0) is 11.8 Å². The van der Waals surface area contributed by atoms with Gasteiger partial charge in [-0.2, -0.15) is 0 Å². The average Bonchev–Trinajstić information content (AvgIpc) is 3.31. The standard InChI is InChI=1S/C23H23F3N4O4S/c1-13(31)12-33-9-3-4-19(32)14-5-8-18-17(10-14)27-21(30(18)2)29-22-28-16-7-6-15(11-20(16)35-22)34-23(24,25)26/h5-8,10-11,13,31H,3-4,9,12H2,1-2H3,(H,27,28,29). The van der Waals surface area contributed by atoms with Crippen molar-refractivity contribution in [2.45, 2.75) is 32.2 Å².